The van der Waals surface area contributed by atoms with E-state index in [0.29, 0.717) is 0 Å². The molecule has 96 valence electrons. The van der Waals surface area contributed by atoms with Gasteiger partial charge in [-0.25, -0.2) is 0 Å². The van der Waals surface area contributed by atoms with Gasteiger partial charge in [0.1, 0.15) is 0 Å². The fraction of sp³-hybridized carbons (Fsp3) is 0.357. The molecule has 1 aromatic rings. The minimum Gasteiger partial charge on any atom is -0.378 e. The third kappa shape index (κ3) is 3.34. The highest BCUT2D eigenvalue weighted by Gasteiger charge is 2.10. The highest BCUT2D eigenvalue weighted by molar-refractivity contribution is 5.99. The predicted molar refractivity (Wildman–Crippen MR) is 72.9 cm³/mol. The highest BCUT2D eigenvalue weighted by atomic mass is 16.5. The molecule has 1 heterocycles. The molecule has 0 atom stereocenters. The average Bonchev–Trinajstić information content (AvgIpc) is 2.41. The number of carbonyl (C=O) groups excluding carboxylic acids is 1. The highest BCUT2D eigenvalue weighted by Crippen LogP contribution is 2.18. The topological polar surface area (TPSA) is 41.6 Å². The van der Waals surface area contributed by atoms with Crippen molar-refractivity contribution >= 4 is 17.3 Å². The first-order valence-corrected chi connectivity index (χ1v) is 6.16. The first kappa shape index (κ1) is 12.6. The summed E-state index contributed by atoms with van der Waals surface area (Å²) in [6, 6.07) is 7.89. The second-order valence-corrected chi connectivity index (χ2v) is 4.14. The van der Waals surface area contributed by atoms with Gasteiger partial charge < -0.3 is 15.0 Å². The van der Waals surface area contributed by atoms with E-state index in [1.54, 1.807) is 6.08 Å². The van der Waals surface area contributed by atoms with Crippen molar-refractivity contribution in [3.8, 4) is 0 Å². The molecule has 0 aromatic heterocycles. The number of hydrogen-bond acceptors (Lipinski definition) is 3. The lowest BCUT2D eigenvalue weighted by atomic mass is 10.2. The van der Waals surface area contributed by atoms with Crippen LogP contribution in [-0.4, -0.2) is 32.2 Å². The molecule has 1 aliphatic heterocycles. The number of anilines is 2. The smallest absolute Gasteiger partial charge is 0.248 e. The van der Waals surface area contributed by atoms with E-state index in [1.807, 2.05) is 31.2 Å². The molecule has 2 rings (SSSR count). The molecule has 0 unspecified atom stereocenters. The maximum absolute atomic E-state index is 11.4. The summed E-state index contributed by atoms with van der Waals surface area (Å²) in [5, 5.41) is 2.80. The van der Waals surface area contributed by atoms with Crippen LogP contribution < -0.4 is 10.2 Å². The lowest BCUT2D eigenvalue weighted by molar-refractivity contribution is -0.111. The normalized spacial score (nSPS) is 15.9. The third-order valence-corrected chi connectivity index (χ3v) is 2.83. The second-order valence-electron chi connectivity index (χ2n) is 4.14. The van der Waals surface area contributed by atoms with Crippen LogP contribution in [0.4, 0.5) is 11.4 Å². The molecule has 0 aliphatic carbocycles. The molecule has 0 radical (unpaired) electrons. The molecule has 1 amide bonds. The Morgan fingerprint density at radius 2 is 1.94 bits per heavy atom. The molecule has 18 heavy (non-hydrogen) atoms. The fourth-order valence-electron chi connectivity index (χ4n) is 1.91. The number of rotatable bonds is 3. The van der Waals surface area contributed by atoms with Gasteiger partial charge in [0, 0.05) is 24.5 Å². The van der Waals surface area contributed by atoms with Crippen LogP contribution >= 0.6 is 0 Å². The predicted octanol–water partition coefficient (Wildman–Crippen LogP) is 2.04. The van der Waals surface area contributed by atoms with Gasteiger partial charge in [-0.05, 0) is 37.3 Å². The Hall–Kier alpha value is -1.81. The molecule has 1 aromatic carbocycles. The Kier molecular flexibility index (Phi) is 4.36. The molecule has 0 saturated carbocycles. The van der Waals surface area contributed by atoms with Crippen molar-refractivity contribution in [1.29, 1.82) is 0 Å². The summed E-state index contributed by atoms with van der Waals surface area (Å²) >= 11 is 0. The van der Waals surface area contributed by atoms with Crippen LogP contribution in [-0.2, 0) is 9.53 Å². The molecule has 1 saturated heterocycles. The van der Waals surface area contributed by atoms with Gasteiger partial charge >= 0.3 is 0 Å². The van der Waals surface area contributed by atoms with Gasteiger partial charge in [-0.2, -0.15) is 0 Å². The maximum Gasteiger partial charge on any atom is 0.248 e. The van der Waals surface area contributed by atoms with Gasteiger partial charge in [-0.3, -0.25) is 4.79 Å². The van der Waals surface area contributed by atoms with Gasteiger partial charge in [-0.1, -0.05) is 6.08 Å². The fourth-order valence-corrected chi connectivity index (χ4v) is 1.91. The van der Waals surface area contributed by atoms with E-state index in [2.05, 4.69) is 10.2 Å². The maximum atomic E-state index is 11.4. The molecule has 4 heteroatoms. The summed E-state index contributed by atoms with van der Waals surface area (Å²) in [4.78, 5) is 13.7. The average molecular weight is 246 g/mol. The molecular formula is C14H18N2O2. The summed E-state index contributed by atoms with van der Waals surface area (Å²) in [6.07, 6.45) is 3.23. The van der Waals surface area contributed by atoms with Crippen molar-refractivity contribution in [3.63, 3.8) is 0 Å². The van der Waals surface area contributed by atoms with Crippen LogP contribution in [0.2, 0.25) is 0 Å². The van der Waals surface area contributed by atoms with E-state index < -0.39 is 0 Å². The molecule has 0 spiro atoms. The van der Waals surface area contributed by atoms with E-state index >= 15 is 0 Å². The number of ether oxygens (including phenoxy) is 1. The minimum atomic E-state index is -0.100. The zero-order chi connectivity index (χ0) is 12.8. The van der Waals surface area contributed by atoms with Crippen LogP contribution in [0.15, 0.2) is 36.4 Å². The molecular weight excluding hydrogens is 228 g/mol. The van der Waals surface area contributed by atoms with Crippen LogP contribution in [0.25, 0.3) is 0 Å². The number of hydrogen-bond donors (Lipinski definition) is 1. The summed E-state index contributed by atoms with van der Waals surface area (Å²) < 4.78 is 5.32. The zero-order valence-electron chi connectivity index (χ0n) is 10.6. The number of carbonyl (C=O) groups is 1. The SMILES string of the molecule is C/C=C/C(=O)Nc1ccc(N2CCOCC2)cc1. The van der Waals surface area contributed by atoms with Gasteiger partial charge in [-0.15, -0.1) is 0 Å². The monoisotopic (exact) mass is 246 g/mol. The molecule has 4 nitrogen and oxygen atoms in total. The van der Waals surface area contributed by atoms with Gasteiger partial charge in [0.2, 0.25) is 5.91 Å². The number of allylic oxidation sites excluding steroid dienone is 1. The van der Waals surface area contributed by atoms with Gasteiger partial charge in [0.25, 0.3) is 0 Å². The molecule has 0 bridgehead atoms. The van der Waals surface area contributed by atoms with E-state index in [-0.39, 0.29) is 5.91 Å². The Morgan fingerprint density at radius 3 is 2.56 bits per heavy atom. The first-order valence-electron chi connectivity index (χ1n) is 6.16. The van der Waals surface area contributed by atoms with Crippen LogP contribution in [0.5, 0.6) is 0 Å². The summed E-state index contributed by atoms with van der Waals surface area (Å²) in [7, 11) is 0. The van der Waals surface area contributed by atoms with E-state index in [1.165, 1.54) is 11.8 Å². The van der Waals surface area contributed by atoms with Gasteiger partial charge in [0.05, 0.1) is 13.2 Å². The largest absolute Gasteiger partial charge is 0.378 e. The zero-order valence-corrected chi connectivity index (χ0v) is 10.6. The Morgan fingerprint density at radius 1 is 1.28 bits per heavy atom. The summed E-state index contributed by atoms with van der Waals surface area (Å²) in [5.41, 5.74) is 1.98. The van der Waals surface area contributed by atoms with E-state index in [0.717, 1.165) is 32.0 Å². The van der Waals surface area contributed by atoms with Crippen LogP contribution in [0.1, 0.15) is 6.92 Å². The number of benzene rings is 1. The second kappa shape index (κ2) is 6.21. The summed E-state index contributed by atoms with van der Waals surface area (Å²) in [5.74, 6) is -0.100. The van der Waals surface area contributed by atoms with Crippen molar-refractivity contribution < 1.29 is 9.53 Å². The number of nitrogens with one attached hydrogen (secondary N) is 1. The Labute approximate surface area is 107 Å². The van der Waals surface area contributed by atoms with E-state index in [9.17, 15) is 4.79 Å². The number of nitrogens with zero attached hydrogens (tertiary/aromatic N) is 1. The van der Waals surface area contributed by atoms with Crippen molar-refractivity contribution in [2.45, 2.75) is 6.92 Å². The lowest BCUT2D eigenvalue weighted by Crippen LogP contribution is -2.36. The van der Waals surface area contributed by atoms with Crippen LogP contribution in [0.3, 0.4) is 0 Å². The molecule has 1 N–H and O–H groups in total. The van der Waals surface area contributed by atoms with E-state index in [4.69, 9.17) is 4.74 Å². The van der Waals surface area contributed by atoms with Crippen molar-refractivity contribution in [2.24, 2.45) is 0 Å². The molecule has 1 fully saturated rings. The third-order valence-electron chi connectivity index (χ3n) is 2.83. The van der Waals surface area contributed by atoms with Crippen LogP contribution in [0, 0.1) is 0 Å². The number of amides is 1. The van der Waals surface area contributed by atoms with Crippen molar-refractivity contribution in [1.82, 2.24) is 0 Å². The van der Waals surface area contributed by atoms with Gasteiger partial charge in [0.15, 0.2) is 0 Å². The Bertz CT molecular complexity index is 420. The van der Waals surface area contributed by atoms with Crippen molar-refractivity contribution in [2.75, 3.05) is 36.5 Å². The quantitative estimate of drug-likeness (QED) is 0.830. The summed E-state index contributed by atoms with van der Waals surface area (Å²) in [6.45, 7) is 5.22. The first-order chi connectivity index (χ1) is 8.79. The minimum absolute atomic E-state index is 0.100. The Balaban J connectivity index is 1.98. The lowest BCUT2D eigenvalue weighted by Gasteiger charge is -2.28. The standard InChI is InChI=1S/C14H18N2O2/c1-2-3-14(17)15-12-4-6-13(7-5-12)16-8-10-18-11-9-16/h2-7H,8-11H2,1H3,(H,15,17)/b3-2+. The number of morpholine rings is 1. The molecule has 1 aliphatic rings. The van der Waals surface area contributed by atoms with Crippen molar-refractivity contribution in [3.05, 3.63) is 36.4 Å².